The molecule has 37 heavy (non-hydrogen) atoms. The van der Waals surface area contributed by atoms with Crippen LogP contribution in [0.1, 0.15) is 57.6 Å². The first kappa shape index (κ1) is 24.0. The predicted octanol–water partition coefficient (Wildman–Crippen LogP) is 5.29. The van der Waals surface area contributed by atoms with Crippen LogP contribution in [0.15, 0.2) is 30.5 Å². The Balaban J connectivity index is 1.26. The smallest absolute Gasteiger partial charge is 0.185 e. The van der Waals surface area contributed by atoms with Crippen LogP contribution in [0, 0.1) is 18.3 Å². The van der Waals surface area contributed by atoms with E-state index >= 15 is 4.39 Å². The van der Waals surface area contributed by atoms with Crippen molar-refractivity contribution >= 4 is 5.82 Å². The molecule has 0 radical (unpaired) electrons. The van der Waals surface area contributed by atoms with E-state index in [1.807, 2.05) is 13.0 Å². The maximum absolute atomic E-state index is 15.7. The van der Waals surface area contributed by atoms with Crippen LogP contribution in [0.2, 0.25) is 0 Å². The summed E-state index contributed by atoms with van der Waals surface area (Å²) in [5.41, 5.74) is 2.64. The van der Waals surface area contributed by atoms with Crippen molar-refractivity contribution in [2.24, 2.45) is 11.3 Å². The molecule has 6 rings (SSSR count). The fourth-order valence-electron chi connectivity index (χ4n) is 6.42. The van der Waals surface area contributed by atoms with Crippen LogP contribution in [-0.2, 0) is 0 Å². The van der Waals surface area contributed by atoms with Crippen molar-refractivity contribution in [3.05, 3.63) is 36.2 Å². The number of ether oxygens (including phenoxy) is 1. The van der Waals surface area contributed by atoms with Gasteiger partial charge in [0.15, 0.2) is 11.6 Å². The number of alkyl halides is 1. The van der Waals surface area contributed by atoms with E-state index in [0.29, 0.717) is 45.9 Å². The molecule has 3 aliphatic carbocycles. The van der Waals surface area contributed by atoms with E-state index < -0.39 is 6.17 Å². The molecule has 2 bridgehead atoms. The highest BCUT2D eigenvalue weighted by atomic mass is 19.1. The van der Waals surface area contributed by atoms with E-state index in [0.717, 1.165) is 38.5 Å². The molecule has 9 heteroatoms. The van der Waals surface area contributed by atoms with Gasteiger partial charge >= 0.3 is 0 Å². The molecule has 3 aliphatic rings. The molecule has 0 aliphatic heterocycles. The highest BCUT2D eigenvalue weighted by Crippen LogP contribution is 2.52. The standard InChI is InChI=1S/C28H33FN6O2/c1-16-24(37-3)12-21(32-31-16)17-6-9-20(23(36)11-17)27-30-15-25(33-34-27)35(19-7-8-19)22-14-28(2)10-4-5-18(13-28)26(22)29/h6,9,11-12,15,18-19,22,26,36H,4-5,7-8,10,13-14H2,1-3H3/t18-,22-,26+,28+/m1/s1. The number of anilines is 1. The summed E-state index contributed by atoms with van der Waals surface area (Å²) in [4.78, 5) is 6.71. The highest BCUT2D eigenvalue weighted by Gasteiger charge is 2.50. The number of aryl methyl sites for hydroxylation is 1. The first-order valence-electron chi connectivity index (χ1n) is 13.2. The van der Waals surface area contributed by atoms with E-state index in [-0.39, 0.29) is 23.1 Å². The van der Waals surface area contributed by atoms with Crippen molar-refractivity contribution in [2.75, 3.05) is 12.0 Å². The SMILES string of the molecule is COc1cc(-c2ccc(-c3ncc(N(C4CC4)[C@@H]4C[C@@]5(C)CCC[C@H](C5)[C@@H]4F)nn3)c(O)c2)nnc1C. The van der Waals surface area contributed by atoms with Crippen LogP contribution in [0.25, 0.3) is 22.6 Å². The summed E-state index contributed by atoms with van der Waals surface area (Å²) >= 11 is 0. The molecule has 194 valence electrons. The van der Waals surface area contributed by atoms with Gasteiger partial charge in [-0.25, -0.2) is 9.37 Å². The number of phenolic OH excluding ortho intramolecular Hbond substituents is 1. The lowest BCUT2D eigenvalue weighted by molar-refractivity contribution is 0.00942. The van der Waals surface area contributed by atoms with Crippen molar-refractivity contribution in [1.29, 1.82) is 0 Å². The number of hydrogen-bond donors (Lipinski definition) is 1. The lowest BCUT2D eigenvalue weighted by atomic mass is 9.60. The maximum atomic E-state index is 15.7. The number of hydrogen-bond acceptors (Lipinski definition) is 8. The Hall–Kier alpha value is -3.36. The molecule has 0 unspecified atom stereocenters. The molecule has 3 fully saturated rings. The number of methoxy groups -OCH3 is 1. The summed E-state index contributed by atoms with van der Waals surface area (Å²) in [5.74, 6) is 1.72. The quantitative estimate of drug-likeness (QED) is 0.483. The minimum atomic E-state index is -0.851. The summed E-state index contributed by atoms with van der Waals surface area (Å²) in [6.45, 7) is 4.14. The topological polar surface area (TPSA) is 97.2 Å². The van der Waals surface area contributed by atoms with Crippen LogP contribution < -0.4 is 9.64 Å². The summed E-state index contributed by atoms with van der Waals surface area (Å²) < 4.78 is 21.0. The zero-order valence-electron chi connectivity index (χ0n) is 21.6. The second-order valence-electron chi connectivity index (χ2n) is 11.3. The lowest BCUT2D eigenvalue weighted by Gasteiger charge is -2.51. The number of rotatable bonds is 6. The van der Waals surface area contributed by atoms with Crippen LogP contribution >= 0.6 is 0 Å². The van der Waals surface area contributed by atoms with Crippen LogP contribution in [0.4, 0.5) is 10.2 Å². The average Bonchev–Trinajstić information content (AvgIpc) is 3.73. The zero-order chi connectivity index (χ0) is 25.7. The number of aromatic hydroxyl groups is 1. The Bertz CT molecular complexity index is 1300. The largest absolute Gasteiger partial charge is 0.507 e. The van der Waals surface area contributed by atoms with Gasteiger partial charge in [-0.2, -0.15) is 5.10 Å². The third-order valence-electron chi connectivity index (χ3n) is 8.43. The van der Waals surface area contributed by atoms with Crippen molar-refractivity contribution < 1.29 is 14.2 Å². The van der Waals surface area contributed by atoms with Crippen LogP contribution in [0.3, 0.4) is 0 Å². The number of aromatic nitrogens is 5. The monoisotopic (exact) mass is 504 g/mol. The fourth-order valence-corrected chi connectivity index (χ4v) is 6.42. The van der Waals surface area contributed by atoms with Gasteiger partial charge in [0, 0.05) is 17.7 Å². The number of phenols is 1. The molecule has 0 spiro atoms. The van der Waals surface area contributed by atoms with E-state index in [1.54, 1.807) is 31.5 Å². The first-order chi connectivity index (χ1) is 17.8. The lowest BCUT2D eigenvalue weighted by Crippen LogP contribution is -2.54. The van der Waals surface area contributed by atoms with Crippen LogP contribution in [0.5, 0.6) is 11.5 Å². The minimum absolute atomic E-state index is 0.0179. The molecule has 0 saturated heterocycles. The third kappa shape index (κ3) is 4.49. The molecule has 1 N–H and O–H groups in total. The van der Waals surface area contributed by atoms with Gasteiger partial charge in [-0.1, -0.05) is 19.4 Å². The molecule has 1 aromatic carbocycles. The van der Waals surface area contributed by atoms with E-state index in [2.05, 4.69) is 37.2 Å². The van der Waals surface area contributed by atoms with Crippen molar-refractivity contribution in [3.8, 4) is 34.1 Å². The summed E-state index contributed by atoms with van der Waals surface area (Å²) in [5, 5.41) is 28.0. The third-order valence-corrected chi connectivity index (χ3v) is 8.43. The first-order valence-corrected chi connectivity index (χ1v) is 13.2. The maximum Gasteiger partial charge on any atom is 0.185 e. The normalized spacial score (nSPS) is 27.1. The number of fused-ring (bicyclic) bond motifs is 2. The van der Waals surface area contributed by atoms with Gasteiger partial charge in [0.2, 0.25) is 0 Å². The number of benzene rings is 1. The molecule has 2 heterocycles. The number of halogens is 1. The Morgan fingerprint density at radius 3 is 2.62 bits per heavy atom. The highest BCUT2D eigenvalue weighted by molar-refractivity contribution is 5.71. The van der Waals surface area contributed by atoms with E-state index in [4.69, 9.17) is 4.74 Å². The summed E-state index contributed by atoms with van der Waals surface area (Å²) in [7, 11) is 1.58. The predicted molar refractivity (Wildman–Crippen MR) is 138 cm³/mol. The zero-order valence-corrected chi connectivity index (χ0v) is 21.6. The summed E-state index contributed by atoms with van der Waals surface area (Å²) in [6, 6.07) is 7.09. The van der Waals surface area contributed by atoms with Gasteiger partial charge in [-0.15, -0.1) is 15.3 Å². The Morgan fingerprint density at radius 1 is 1.08 bits per heavy atom. The Labute approximate surface area is 216 Å². The Morgan fingerprint density at radius 2 is 1.92 bits per heavy atom. The second-order valence-corrected chi connectivity index (χ2v) is 11.3. The minimum Gasteiger partial charge on any atom is -0.507 e. The van der Waals surface area contributed by atoms with E-state index in [9.17, 15) is 5.11 Å². The van der Waals surface area contributed by atoms with Crippen molar-refractivity contribution in [2.45, 2.75) is 77.0 Å². The van der Waals surface area contributed by atoms with Gasteiger partial charge in [-0.3, -0.25) is 0 Å². The molecule has 0 amide bonds. The molecule has 8 nitrogen and oxygen atoms in total. The van der Waals surface area contributed by atoms with Gasteiger partial charge in [0.25, 0.3) is 0 Å². The van der Waals surface area contributed by atoms with E-state index in [1.165, 1.54) is 6.42 Å². The van der Waals surface area contributed by atoms with Gasteiger partial charge in [0.05, 0.1) is 30.6 Å². The number of nitrogens with zero attached hydrogens (tertiary/aromatic N) is 6. The van der Waals surface area contributed by atoms with Crippen LogP contribution in [-0.4, -0.2) is 55.9 Å². The molecular formula is C28H33FN6O2. The van der Waals surface area contributed by atoms with Crippen molar-refractivity contribution in [1.82, 2.24) is 25.4 Å². The van der Waals surface area contributed by atoms with Gasteiger partial charge in [0.1, 0.15) is 23.4 Å². The molecule has 3 saturated carbocycles. The molecular weight excluding hydrogens is 471 g/mol. The Kier molecular flexibility index (Phi) is 5.96. The molecule has 4 atom stereocenters. The average molecular weight is 505 g/mol. The van der Waals surface area contributed by atoms with Gasteiger partial charge < -0.3 is 14.7 Å². The van der Waals surface area contributed by atoms with Gasteiger partial charge in [-0.05, 0) is 68.9 Å². The molecule has 3 aromatic rings. The summed E-state index contributed by atoms with van der Waals surface area (Å²) in [6.07, 6.45) is 8.03. The van der Waals surface area contributed by atoms with Crippen molar-refractivity contribution in [3.63, 3.8) is 0 Å². The fraction of sp³-hybridized carbons (Fsp3) is 0.536. The second kappa shape index (κ2) is 9.19. The molecule has 2 aromatic heterocycles.